The average Bonchev–Trinajstić information content (AvgIpc) is 2.45. The van der Waals surface area contributed by atoms with Crippen LogP contribution in [0.2, 0.25) is 0 Å². The summed E-state index contributed by atoms with van der Waals surface area (Å²) in [5.74, 6) is 5.89. The minimum atomic E-state index is -0.441. The van der Waals surface area contributed by atoms with Gasteiger partial charge in [0.05, 0.1) is 11.4 Å². The molecule has 96 valence electrons. The standard InChI is InChI=1S/C14H10ClFN2O/c15-6-1-3-11-4-5-12(9-13(11)16)19-10-14-17-7-2-8-18-14/h2,4-5,7-9H,6,10H2. The first-order valence-electron chi connectivity index (χ1n) is 5.52. The van der Waals surface area contributed by atoms with Gasteiger partial charge in [-0.3, -0.25) is 0 Å². The molecule has 0 aliphatic carbocycles. The zero-order valence-corrected chi connectivity index (χ0v) is 10.7. The number of halogens is 2. The molecule has 5 heteroatoms. The van der Waals surface area contributed by atoms with Crippen molar-refractivity contribution in [3.8, 4) is 17.6 Å². The molecule has 0 bridgehead atoms. The molecule has 0 spiro atoms. The van der Waals surface area contributed by atoms with Crippen molar-refractivity contribution in [1.29, 1.82) is 0 Å². The molecule has 3 nitrogen and oxygen atoms in total. The van der Waals surface area contributed by atoms with E-state index in [9.17, 15) is 4.39 Å². The molecule has 0 radical (unpaired) electrons. The summed E-state index contributed by atoms with van der Waals surface area (Å²) in [7, 11) is 0. The number of benzene rings is 1. The Kier molecular flexibility index (Phi) is 4.71. The Bertz CT molecular complexity index is 608. The lowest BCUT2D eigenvalue weighted by Crippen LogP contribution is -2.00. The minimum absolute atomic E-state index is 0.170. The molecule has 2 rings (SSSR count). The highest BCUT2D eigenvalue weighted by Gasteiger charge is 2.03. The fraction of sp³-hybridized carbons (Fsp3) is 0.143. The van der Waals surface area contributed by atoms with Crippen LogP contribution in [0.3, 0.4) is 0 Å². The van der Waals surface area contributed by atoms with E-state index in [1.807, 2.05) is 0 Å². The molecule has 1 aromatic heterocycles. The molecule has 1 heterocycles. The van der Waals surface area contributed by atoms with Crippen LogP contribution in [0, 0.1) is 17.7 Å². The largest absolute Gasteiger partial charge is 0.486 e. The number of hydrogen-bond acceptors (Lipinski definition) is 3. The molecular weight excluding hydrogens is 267 g/mol. The third kappa shape index (κ3) is 3.94. The van der Waals surface area contributed by atoms with Gasteiger partial charge in [-0.2, -0.15) is 0 Å². The number of aromatic nitrogens is 2. The van der Waals surface area contributed by atoms with Gasteiger partial charge in [0.1, 0.15) is 18.2 Å². The molecule has 19 heavy (non-hydrogen) atoms. The highest BCUT2D eigenvalue weighted by molar-refractivity contribution is 6.19. The van der Waals surface area contributed by atoms with Crippen LogP contribution >= 0.6 is 11.6 Å². The first kappa shape index (κ1) is 13.3. The molecule has 0 aliphatic rings. The van der Waals surface area contributed by atoms with Crippen molar-refractivity contribution in [3.63, 3.8) is 0 Å². The van der Waals surface area contributed by atoms with Gasteiger partial charge >= 0.3 is 0 Å². The van der Waals surface area contributed by atoms with Crippen molar-refractivity contribution in [2.45, 2.75) is 6.61 Å². The van der Waals surface area contributed by atoms with Crippen LogP contribution in [-0.2, 0) is 6.61 Å². The van der Waals surface area contributed by atoms with Crippen molar-refractivity contribution < 1.29 is 9.13 Å². The van der Waals surface area contributed by atoms with Gasteiger partial charge in [-0.1, -0.05) is 11.8 Å². The van der Waals surface area contributed by atoms with E-state index in [4.69, 9.17) is 16.3 Å². The van der Waals surface area contributed by atoms with Crippen LogP contribution in [0.4, 0.5) is 4.39 Å². The van der Waals surface area contributed by atoms with E-state index >= 15 is 0 Å². The van der Waals surface area contributed by atoms with Crippen LogP contribution < -0.4 is 4.74 Å². The van der Waals surface area contributed by atoms with Crippen molar-refractivity contribution in [3.05, 3.63) is 53.9 Å². The second kappa shape index (κ2) is 6.72. The van der Waals surface area contributed by atoms with E-state index in [0.717, 1.165) is 0 Å². The van der Waals surface area contributed by atoms with Crippen molar-refractivity contribution >= 4 is 11.6 Å². The predicted molar refractivity (Wildman–Crippen MR) is 70.4 cm³/mol. The molecule has 0 aliphatic heterocycles. The van der Waals surface area contributed by atoms with Gasteiger partial charge in [0, 0.05) is 18.5 Å². The van der Waals surface area contributed by atoms with E-state index < -0.39 is 5.82 Å². The number of nitrogens with zero attached hydrogens (tertiary/aromatic N) is 2. The Morgan fingerprint density at radius 3 is 2.74 bits per heavy atom. The van der Waals surface area contributed by atoms with Crippen LogP contribution in [-0.4, -0.2) is 15.8 Å². The number of alkyl halides is 1. The fourth-order valence-corrected chi connectivity index (χ4v) is 1.43. The molecule has 0 unspecified atom stereocenters. The van der Waals surface area contributed by atoms with Crippen LogP contribution in [0.5, 0.6) is 5.75 Å². The van der Waals surface area contributed by atoms with Crippen LogP contribution in [0.15, 0.2) is 36.7 Å². The lowest BCUT2D eigenvalue weighted by molar-refractivity contribution is 0.294. The summed E-state index contributed by atoms with van der Waals surface area (Å²) in [6.07, 6.45) is 3.24. The molecule has 2 aromatic rings. The zero-order valence-electron chi connectivity index (χ0n) is 9.94. The maximum Gasteiger partial charge on any atom is 0.166 e. The Hall–Kier alpha value is -2.12. The van der Waals surface area contributed by atoms with Gasteiger partial charge in [0.15, 0.2) is 5.82 Å². The average molecular weight is 277 g/mol. The molecule has 0 N–H and O–H groups in total. The SMILES string of the molecule is Fc1cc(OCc2ncccn2)ccc1C#CCCl. The van der Waals surface area contributed by atoms with E-state index in [0.29, 0.717) is 17.1 Å². The Labute approximate surface area is 115 Å². The van der Waals surface area contributed by atoms with Gasteiger partial charge in [-0.25, -0.2) is 14.4 Å². The summed E-state index contributed by atoms with van der Waals surface area (Å²) >= 11 is 5.42. The smallest absolute Gasteiger partial charge is 0.166 e. The Balaban J connectivity index is 2.04. The monoisotopic (exact) mass is 276 g/mol. The van der Waals surface area contributed by atoms with Crippen LogP contribution in [0.1, 0.15) is 11.4 Å². The number of ether oxygens (including phenoxy) is 1. The van der Waals surface area contributed by atoms with Crippen molar-refractivity contribution in [2.75, 3.05) is 5.88 Å². The third-order valence-corrected chi connectivity index (χ3v) is 2.35. The van der Waals surface area contributed by atoms with Gasteiger partial charge < -0.3 is 4.74 Å². The van der Waals surface area contributed by atoms with Crippen molar-refractivity contribution in [2.24, 2.45) is 0 Å². The quantitative estimate of drug-likeness (QED) is 0.639. The van der Waals surface area contributed by atoms with E-state index in [1.54, 1.807) is 30.6 Å². The van der Waals surface area contributed by atoms with E-state index in [-0.39, 0.29) is 12.5 Å². The summed E-state index contributed by atoms with van der Waals surface area (Å²) in [5, 5.41) is 0. The molecule has 0 amide bonds. The topological polar surface area (TPSA) is 35.0 Å². The normalized spacial score (nSPS) is 9.58. The lowest BCUT2D eigenvalue weighted by Gasteiger charge is -2.05. The van der Waals surface area contributed by atoms with E-state index in [2.05, 4.69) is 21.8 Å². The Morgan fingerprint density at radius 1 is 1.26 bits per heavy atom. The molecule has 0 saturated heterocycles. The van der Waals surface area contributed by atoms with E-state index in [1.165, 1.54) is 6.07 Å². The van der Waals surface area contributed by atoms with Gasteiger partial charge in [-0.05, 0) is 18.2 Å². The second-order valence-electron chi connectivity index (χ2n) is 3.53. The van der Waals surface area contributed by atoms with Gasteiger partial charge in [0.25, 0.3) is 0 Å². The summed E-state index contributed by atoms with van der Waals surface area (Å²) in [6.45, 7) is 0.187. The highest BCUT2D eigenvalue weighted by atomic mass is 35.5. The van der Waals surface area contributed by atoms with Gasteiger partial charge in [-0.15, -0.1) is 11.6 Å². The van der Waals surface area contributed by atoms with Crippen molar-refractivity contribution in [1.82, 2.24) is 9.97 Å². The molecule has 0 fully saturated rings. The highest BCUT2D eigenvalue weighted by Crippen LogP contribution is 2.16. The minimum Gasteiger partial charge on any atom is -0.486 e. The number of hydrogen-bond donors (Lipinski definition) is 0. The fourth-order valence-electron chi connectivity index (χ4n) is 1.37. The number of rotatable bonds is 3. The third-order valence-electron chi connectivity index (χ3n) is 2.22. The maximum absolute atomic E-state index is 13.6. The molecular formula is C14H10ClFN2O. The zero-order chi connectivity index (χ0) is 13.5. The predicted octanol–water partition coefficient (Wildman–Crippen LogP) is 2.79. The van der Waals surface area contributed by atoms with Crippen LogP contribution in [0.25, 0.3) is 0 Å². The summed E-state index contributed by atoms with van der Waals surface area (Å²) < 4.78 is 19.0. The van der Waals surface area contributed by atoms with Gasteiger partial charge in [0.2, 0.25) is 0 Å². The first-order valence-corrected chi connectivity index (χ1v) is 6.06. The Morgan fingerprint density at radius 2 is 2.05 bits per heavy atom. The molecule has 0 atom stereocenters. The molecule has 1 aromatic carbocycles. The molecule has 0 saturated carbocycles. The second-order valence-corrected chi connectivity index (χ2v) is 3.80. The summed E-state index contributed by atoms with van der Waals surface area (Å²) in [5.41, 5.74) is 0.295. The summed E-state index contributed by atoms with van der Waals surface area (Å²) in [4.78, 5) is 8.01. The first-order chi connectivity index (χ1) is 9.29. The summed E-state index contributed by atoms with van der Waals surface area (Å²) in [6, 6.07) is 6.19. The lowest BCUT2D eigenvalue weighted by atomic mass is 10.2. The maximum atomic E-state index is 13.6.